The average Bonchev–Trinajstić information content (AvgIpc) is 2.53. The average molecular weight is 171 g/mol. The molecule has 1 aromatic heterocycles. The smallest absolute Gasteiger partial charge is 0.232 e. The first-order chi connectivity index (χ1) is 5.33. The molecule has 11 heavy (non-hydrogen) atoms. The summed E-state index contributed by atoms with van der Waals surface area (Å²) in [7, 11) is 0. The van der Waals surface area contributed by atoms with Crippen LogP contribution in [-0.2, 0) is 0 Å². The van der Waals surface area contributed by atoms with Crippen molar-refractivity contribution in [2.24, 2.45) is 0 Å². The van der Waals surface area contributed by atoms with Crippen molar-refractivity contribution in [3.63, 3.8) is 0 Å². The molecule has 58 valence electrons. The van der Waals surface area contributed by atoms with Gasteiger partial charge in [-0.05, 0) is 0 Å². The van der Waals surface area contributed by atoms with Gasteiger partial charge in [-0.15, -0.1) is 0 Å². The molecule has 0 amide bonds. The van der Waals surface area contributed by atoms with Gasteiger partial charge in [0.1, 0.15) is 5.69 Å². The Hall–Kier alpha value is -1.23. The number of rotatable bonds is 1. The van der Waals surface area contributed by atoms with Gasteiger partial charge in [-0.2, -0.15) is 0 Å². The van der Waals surface area contributed by atoms with E-state index in [0.717, 1.165) is 0 Å². The van der Waals surface area contributed by atoms with Gasteiger partial charge in [0.05, 0.1) is 4.88 Å². The second-order valence-corrected chi connectivity index (χ2v) is 3.04. The molecule has 2 rings (SSSR count). The molecule has 5 heteroatoms. The molecular formula is C6H5NO3S. The molecule has 0 radical (unpaired) electrons. The summed E-state index contributed by atoms with van der Waals surface area (Å²) in [5, 5.41) is 0.601. The molecule has 1 aliphatic rings. The Labute approximate surface area is 66.5 Å². The molecule has 1 aliphatic heterocycles. The number of ether oxygens (including phenoxy) is 2. The predicted octanol–water partition coefficient (Wildman–Crippen LogP) is 0.872. The normalized spacial score (nSPS) is 13.5. The van der Waals surface area contributed by atoms with Crippen LogP contribution in [-0.4, -0.2) is 13.1 Å². The zero-order valence-corrected chi connectivity index (χ0v) is 6.31. The number of aldehydes is 1. The third-order valence-corrected chi connectivity index (χ3v) is 2.42. The molecule has 2 N–H and O–H groups in total. The summed E-state index contributed by atoms with van der Waals surface area (Å²) in [6, 6.07) is 0. The van der Waals surface area contributed by atoms with Gasteiger partial charge in [0.15, 0.2) is 6.29 Å². The summed E-state index contributed by atoms with van der Waals surface area (Å²) >= 11 is 1.21. The monoisotopic (exact) mass is 171 g/mol. The maximum atomic E-state index is 10.4. The SMILES string of the molecule is Nc1c(C=O)sc2c1OCO2. The van der Waals surface area contributed by atoms with Crippen LogP contribution < -0.4 is 15.2 Å². The van der Waals surface area contributed by atoms with Gasteiger partial charge in [-0.3, -0.25) is 4.79 Å². The minimum Gasteiger partial charge on any atom is -0.450 e. The molecule has 0 spiro atoms. The van der Waals surface area contributed by atoms with Crippen molar-refractivity contribution in [2.75, 3.05) is 12.5 Å². The number of hydrogen-bond acceptors (Lipinski definition) is 5. The predicted molar refractivity (Wildman–Crippen MR) is 40.2 cm³/mol. The molecule has 0 unspecified atom stereocenters. The first-order valence-electron chi connectivity index (χ1n) is 2.96. The highest BCUT2D eigenvalue weighted by molar-refractivity contribution is 7.16. The zero-order valence-electron chi connectivity index (χ0n) is 5.49. The minimum atomic E-state index is 0.199. The van der Waals surface area contributed by atoms with Gasteiger partial charge >= 0.3 is 0 Å². The van der Waals surface area contributed by atoms with E-state index in [1.807, 2.05) is 0 Å². The molecule has 0 fully saturated rings. The Morgan fingerprint density at radius 1 is 1.55 bits per heavy atom. The van der Waals surface area contributed by atoms with E-state index in [1.165, 1.54) is 11.3 Å². The van der Waals surface area contributed by atoms with Crippen molar-refractivity contribution in [1.82, 2.24) is 0 Å². The number of thiophene rings is 1. The van der Waals surface area contributed by atoms with Crippen LogP contribution in [0.1, 0.15) is 9.67 Å². The molecule has 0 aromatic carbocycles. The van der Waals surface area contributed by atoms with Crippen LogP contribution in [0.15, 0.2) is 0 Å². The standard InChI is InChI=1S/C6H5NO3S/c7-4-3(1-8)11-6-5(4)9-2-10-6/h1H,2,7H2. The summed E-state index contributed by atoms with van der Waals surface area (Å²) in [6.45, 7) is 0.199. The first-order valence-corrected chi connectivity index (χ1v) is 3.77. The van der Waals surface area contributed by atoms with E-state index in [0.29, 0.717) is 27.7 Å². The van der Waals surface area contributed by atoms with Gasteiger partial charge in [0, 0.05) is 0 Å². The first kappa shape index (κ1) is 6.48. The number of carbonyl (C=O) groups is 1. The van der Waals surface area contributed by atoms with Crippen molar-refractivity contribution >= 4 is 23.3 Å². The van der Waals surface area contributed by atoms with Crippen LogP contribution >= 0.6 is 11.3 Å². The van der Waals surface area contributed by atoms with E-state index in [-0.39, 0.29) is 6.79 Å². The number of anilines is 1. The van der Waals surface area contributed by atoms with Gasteiger partial charge in [-0.25, -0.2) is 0 Å². The number of carbonyl (C=O) groups excluding carboxylic acids is 1. The van der Waals surface area contributed by atoms with Gasteiger partial charge in [0.25, 0.3) is 0 Å². The van der Waals surface area contributed by atoms with Gasteiger partial charge in [-0.1, -0.05) is 11.3 Å². The molecule has 2 heterocycles. The molecular weight excluding hydrogens is 166 g/mol. The van der Waals surface area contributed by atoms with Crippen LogP contribution in [0.5, 0.6) is 10.8 Å². The third-order valence-electron chi connectivity index (χ3n) is 1.40. The van der Waals surface area contributed by atoms with Crippen LogP contribution in [0, 0.1) is 0 Å². The van der Waals surface area contributed by atoms with E-state index in [1.54, 1.807) is 0 Å². The summed E-state index contributed by atoms with van der Waals surface area (Å²) < 4.78 is 10.0. The van der Waals surface area contributed by atoms with Crippen LogP contribution in [0.25, 0.3) is 0 Å². The van der Waals surface area contributed by atoms with Crippen molar-refractivity contribution < 1.29 is 14.3 Å². The van der Waals surface area contributed by atoms with E-state index in [2.05, 4.69) is 0 Å². The van der Waals surface area contributed by atoms with Gasteiger partial charge < -0.3 is 15.2 Å². The van der Waals surface area contributed by atoms with Crippen molar-refractivity contribution in [1.29, 1.82) is 0 Å². The van der Waals surface area contributed by atoms with Crippen molar-refractivity contribution in [3.05, 3.63) is 4.88 Å². The summed E-state index contributed by atoms with van der Waals surface area (Å²) in [5.74, 6) is 0.511. The van der Waals surface area contributed by atoms with E-state index in [9.17, 15) is 4.79 Å². The molecule has 0 atom stereocenters. The second kappa shape index (κ2) is 2.13. The number of nitrogens with two attached hydrogens (primary N) is 1. The fourth-order valence-corrected chi connectivity index (χ4v) is 1.70. The Morgan fingerprint density at radius 3 is 3.00 bits per heavy atom. The highest BCUT2D eigenvalue weighted by atomic mass is 32.1. The van der Waals surface area contributed by atoms with Gasteiger partial charge in [0.2, 0.25) is 17.6 Å². The molecule has 0 saturated carbocycles. The summed E-state index contributed by atoms with van der Waals surface area (Å²) in [4.78, 5) is 10.8. The van der Waals surface area contributed by atoms with E-state index < -0.39 is 0 Å². The van der Waals surface area contributed by atoms with Crippen molar-refractivity contribution in [3.8, 4) is 10.8 Å². The Morgan fingerprint density at radius 2 is 2.36 bits per heavy atom. The topological polar surface area (TPSA) is 61.6 Å². The minimum absolute atomic E-state index is 0.199. The molecule has 0 saturated heterocycles. The van der Waals surface area contributed by atoms with Crippen LogP contribution in [0.2, 0.25) is 0 Å². The van der Waals surface area contributed by atoms with E-state index in [4.69, 9.17) is 15.2 Å². The van der Waals surface area contributed by atoms with E-state index >= 15 is 0 Å². The lowest BCUT2D eigenvalue weighted by atomic mass is 10.4. The number of hydrogen-bond donors (Lipinski definition) is 1. The lowest BCUT2D eigenvalue weighted by molar-refractivity contribution is 0.112. The zero-order chi connectivity index (χ0) is 7.84. The lowest BCUT2D eigenvalue weighted by Crippen LogP contribution is -1.96. The number of fused-ring (bicyclic) bond motifs is 1. The number of nitrogen functional groups attached to an aromatic ring is 1. The second-order valence-electron chi connectivity index (χ2n) is 2.02. The fourth-order valence-electron chi connectivity index (χ4n) is 0.884. The highest BCUT2D eigenvalue weighted by Gasteiger charge is 2.22. The molecule has 4 nitrogen and oxygen atoms in total. The lowest BCUT2D eigenvalue weighted by Gasteiger charge is -1.92. The van der Waals surface area contributed by atoms with Crippen LogP contribution in [0.4, 0.5) is 5.69 Å². The summed E-state index contributed by atoms with van der Waals surface area (Å²) in [5.41, 5.74) is 5.93. The summed E-state index contributed by atoms with van der Waals surface area (Å²) in [6.07, 6.45) is 0.699. The molecule has 0 bridgehead atoms. The molecule has 0 aliphatic carbocycles. The van der Waals surface area contributed by atoms with Crippen LogP contribution in [0.3, 0.4) is 0 Å². The highest BCUT2D eigenvalue weighted by Crippen LogP contribution is 2.46. The largest absolute Gasteiger partial charge is 0.450 e. The van der Waals surface area contributed by atoms with Crippen molar-refractivity contribution in [2.45, 2.75) is 0 Å². The Kier molecular flexibility index (Phi) is 1.25. The third kappa shape index (κ3) is 0.775. The fraction of sp³-hybridized carbons (Fsp3) is 0.167. The quantitative estimate of drug-likeness (QED) is 0.637. The maximum absolute atomic E-state index is 10.4. The molecule has 1 aromatic rings. The maximum Gasteiger partial charge on any atom is 0.232 e. The Balaban J connectivity index is 2.57. The Bertz CT molecular complexity index is 307.